The van der Waals surface area contributed by atoms with E-state index in [4.69, 9.17) is 23.2 Å². The predicted octanol–water partition coefficient (Wildman–Crippen LogP) is 5.67. The molecule has 2 N–H and O–H groups in total. The number of thioether (sulfide) groups is 1. The Hall–Kier alpha value is -2.19. The van der Waals surface area contributed by atoms with Crippen molar-refractivity contribution in [2.75, 3.05) is 15.8 Å². The fourth-order valence-electron chi connectivity index (χ4n) is 2.53. The molecule has 0 spiro atoms. The van der Waals surface area contributed by atoms with Gasteiger partial charge in [0, 0.05) is 17.1 Å². The van der Waals surface area contributed by atoms with Gasteiger partial charge in [-0.3, -0.25) is 9.52 Å². The van der Waals surface area contributed by atoms with Gasteiger partial charge in [-0.05, 0) is 54.1 Å². The molecule has 9 heteroatoms. The maximum atomic E-state index is 12.4. The molecule has 0 bridgehead atoms. The second kappa shape index (κ2) is 10.2. The van der Waals surface area contributed by atoms with Gasteiger partial charge in [0.25, 0.3) is 10.0 Å². The van der Waals surface area contributed by atoms with E-state index in [2.05, 4.69) is 10.0 Å². The Bertz CT molecular complexity index is 1120. The molecule has 0 aliphatic rings. The van der Waals surface area contributed by atoms with Crippen LogP contribution in [0.1, 0.15) is 5.56 Å². The fourth-order valence-corrected chi connectivity index (χ4v) is 4.68. The molecular weight excluding hydrogens is 463 g/mol. The summed E-state index contributed by atoms with van der Waals surface area (Å²) in [4.78, 5) is 12.2. The third kappa shape index (κ3) is 6.40. The minimum Gasteiger partial charge on any atom is -0.325 e. The largest absolute Gasteiger partial charge is 0.325 e. The molecule has 3 rings (SSSR count). The summed E-state index contributed by atoms with van der Waals surface area (Å²) in [5.41, 5.74) is 1.98. The van der Waals surface area contributed by atoms with Crippen LogP contribution in [0.2, 0.25) is 10.0 Å². The Morgan fingerprint density at radius 1 is 0.867 bits per heavy atom. The highest BCUT2D eigenvalue weighted by molar-refractivity contribution is 7.99. The van der Waals surface area contributed by atoms with Gasteiger partial charge in [0.05, 0.1) is 20.7 Å². The van der Waals surface area contributed by atoms with Crippen LogP contribution in [0.4, 0.5) is 11.4 Å². The fraction of sp³-hybridized carbons (Fsp3) is 0.0952. The summed E-state index contributed by atoms with van der Waals surface area (Å²) in [6, 6.07) is 20.0. The molecule has 156 valence electrons. The smallest absolute Gasteiger partial charge is 0.261 e. The van der Waals surface area contributed by atoms with E-state index < -0.39 is 10.0 Å². The zero-order valence-corrected chi connectivity index (χ0v) is 18.8. The van der Waals surface area contributed by atoms with Gasteiger partial charge in [-0.25, -0.2) is 8.42 Å². The van der Waals surface area contributed by atoms with Crippen molar-refractivity contribution in [3.8, 4) is 0 Å². The van der Waals surface area contributed by atoms with E-state index in [1.807, 2.05) is 6.07 Å². The number of anilines is 2. The maximum absolute atomic E-state index is 12.4. The normalized spacial score (nSPS) is 11.1. The molecule has 30 heavy (non-hydrogen) atoms. The highest BCUT2D eigenvalue weighted by Crippen LogP contribution is 2.25. The monoisotopic (exact) mass is 480 g/mol. The number of halogens is 2. The lowest BCUT2D eigenvalue weighted by atomic mass is 10.2. The van der Waals surface area contributed by atoms with Crippen LogP contribution in [-0.2, 0) is 20.6 Å². The van der Waals surface area contributed by atoms with Crippen molar-refractivity contribution in [1.29, 1.82) is 0 Å². The van der Waals surface area contributed by atoms with Crippen molar-refractivity contribution in [1.82, 2.24) is 0 Å². The summed E-state index contributed by atoms with van der Waals surface area (Å²) in [6.07, 6.45) is 0. The zero-order chi connectivity index (χ0) is 21.6. The van der Waals surface area contributed by atoms with E-state index in [1.54, 1.807) is 54.6 Å². The first-order chi connectivity index (χ1) is 14.3. The SMILES string of the molecule is O=C(CSCc1ccc(Cl)c(Cl)c1)Nc1ccc(S(=O)(=O)Nc2ccccc2)cc1. The van der Waals surface area contributed by atoms with E-state index in [0.29, 0.717) is 27.2 Å². The number of amides is 1. The van der Waals surface area contributed by atoms with Gasteiger partial charge >= 0.3 is 0 Å². The van der Waals surface area contributed by atoms with Crippen molar-refractivity contribution in [3.05, 3.63) is 88.4 Å². The van der Waals surface area contributed by atoms with Crippen LogP contribution in [0.5, 0.6) is 0 Å². The van der Waals surface area contributed by atoms with Gasteiger partial charge in [-0.1, -0.05) is 47.5 Å². The molecule has 0 saturated heterocycles. The minimum atomic E-state index is -3.70. The molecule has 1 amide bonds. The first-order valence-corrected chi connectivity index (χ1v) is 12.2. The second-order valence-corrected chi connectivity index (χ2v) is 9.77. The van der Waals surface area contributed by atoms with Crippen LogP contribution in [0.15, 0.2) is 77.7 Å². The minimum absolute atomic E-state index is 0.110. The second-order valence-electron chi connectivity index (χ2n) is 6.29. The average molecular weight is 481 g/mol. The van der Waals surface area contributed by atoms with E-state index in [0.717, 1.165) is 5.56 Å². The molecule has 0 aliphatic carbocycles. The predicted molar refractivity (Wildman–Crippen MR) is 125 cm³/mol. The number of carbonyl (C=O) groups is 1. The number of carbonyl (C=O) groups excluding carboxylic acids is 1. The molecule has 3 aromatic carbocycles. The van der Waals surface area contributed by atoms with Gasteiger partial charge in [-0.2, -0.15) is 0 Å². The summed E-state index contributed by atoms with van der Waals surface area (Å²) >= 11 is 13.3. The van der Waals surface area contributed by atoms with Crippen LogP contribution < -0.4 is 10.0 Å². The van der Waals surface area contributed by atoms with Crippen LogP contribution >= 0.6 is 35.0 Å². The number of hydrogen-bond acceptors (Lipinski definition) is 4. The number of para-hydroxylation sites is 1. The lowest BCUT2D eigenvalue weighted by molar-refractivity contribution is -0.113. The maximum Gasteiger partial charge on any atom is 0.261 e. The highest BCUT2D eigenvalue weighted by Gasteiger charge is 2.14. The molecule has 0 heterocycles. The molecule has 3 aromatic rings. The van der Waals surface area contributed by atoms with Crippen LogP contribution in [0, 0.1) is 0 Å². The highest BCUT2D eigenvalue weighted by atomic mass is 35.5. The lowest BCUT2D eigenvalue weighted by Crippen LogP contribution is -2.15. The summed E-state index contributed by atoms with van der Waals surface area (Å²) in [6.45, 7) is 0. The number of nitrogens with one attached hydrogen (secondary N) is 2. The van der Waals surface area contributed by atoms with E-state index in [1.165, 1.54) is 23.9 Å². The number of benzene rings is 3. The summed E-state index contributed by atoms with van der Waals surface area (Å²) in [5.74, 6) is 0.681. The first-order valence-electron chi connectivity index (χ1n) is 8.83. The van der Waals surface area contributed by atoms with Gasteiger partial charge in [-0.15, -0.1) is 11.8 Å². The Balaban J connectivity index is 1.52. The molecule has 0 aromatic heterocycles. The van der Waals surface area contributed by atoms with Gasteiger partial charge in [0.2, 0.25) is 5.91 Å². The van der Waals surface area contributed by atoms with Gasteiger partial charge in [0.1, 0.15) is 0 Å². The molecule has 0 aliphatic heterocycles. The molecule has 0 saturated carbocycles. The summed E-state index contributed by atoms with van der Waals surface area (Å²) in [7, 11) is -3.70. The molecule has 0 unspecified atom stereocenters. The van der Waals surface area contributed by atoms with E-state index in [-0.39, 0.29) is 16.6 Å². The quantitative estimate of drug-likeness (QED) is 0.435. The molecule has 0 radical (unpaired) electrons. The molecule has 0 atom stereocenters. The Morgan fingerprint density at radius 3 is 2.23 bits per heavy atom. The van der Waals surface area contributed by atoms with E-state index >= 15 is 0 Å². The first kappa shape index (κ1) is 22.5. The van der Waals surface area contributed by atoms with E-state index in [9.17, 15) is 13.2 Å². The number of rotatable bonds is 8. The zero-order valence-electron chi connectivity index (χ0n) is 15.6. The lowest BCUT2D eigenvalue weighted by Gasteiger charge is -2.09. The summed E-state index contributed by atoms with van der Waals surface area (Å²) in [5, 5.41) is 3.73. The van der Waals surface area contributed by atoms with Gasteiger partial charge < -0.3 is 5.32 Å². The molecular formula is C21H18Cl2N2O3S2. The van der Waals surface area contributed by atoms with Crippen molar-refractivity contribution >= 4 is 62.3 Å². The Morgan fingerprint density at radius 2 is 1.57 bits per heavy atom. The topological polar surface area (TPSA) is 75.3 Å². The van der Waals surface area contributed by atoms with Crippen molar-refractivity contribution in [3.63, 3.8) is 0 Å². The van der Waals surface area contributed by atoms with Crippen molar-refractivity contribution < 1.29 is 13.2 Å². The average Bonchev–Trinajstić information content (AvgIpc) is 2.71. The Kier molecular flexibility index (Phi) is 7.66. The van der Waals surface area contributed by atoms with Crippen LogP contribution in [0.3, 0.4) is 0 Å². The van der Waals surface area contributed by atoms with Crippen LogP contribution in [-0.4, -0.2) is 20.1 Å². The molecule has 0 fully saturated rings. The van der Waals surface area contributed by atoms with Crippen LogP contribution in [0.25, 0.3) is 0 Å². The van der Waals surface area contributed by atoms with Crippen molar-refractivity contribution in [2.24, 2.45) is 0 Å². The number of sulfonamides is 1. The molecule has 5 nitrogen and oxygen atoms in total. The van der Waals surface area contributed by atoms with Gasteiger partial charge in [0.15, 0.2) is 0 Å². The Labute approximate surface area is 189 Å². The third-order valence-corrected chi connectivity index (χ3v) is 7.10. The number of hydrogen-bond donors (Lipinski definition) is 2. The standard InChI is InChI=1S/C21H18Cl2N2O3S2/c22-19-11-6-15(12-20(19)23)13-29-14-21(26)24-16-7-9-18(10-8-16)30(27,28)25-17-4-2-1-3-5-17/h1-12,25H,13-14H2,(H,24,26). The third-order valence-electron chi connectivity index (χ3n) is 3.96. The van der Waals surface area contributed by atoms with Crippen molar-refractivity contribution in [2.45, 2.75) is 10.6 Å². The summed E-state index contributed by atoms with van der Waals surface area (Å²) < 4.78 is 27.4.